The van der Waals surface area contributed by atoms with E-state index in [1.54, 1.807) is 6.07 Å². The number of aromatic amines is 1. The molecule has 4 rings (SSSR count). The van der Waals surface area contributed by atoms with Gasteiger partial charge in [0.05, 0.1) is 11.9 Å². The van der Waals surface area contributed by atoms with Crippen LogP contribution in [0.25, 0.3) is 11.2 Å². The lowest BCUT2D eigenvalue weighted by Crippen LogP contribution is -2.09. The van der Waals surface area contributed by atoms with Gasteiger partial charge < -0.3 is 21.4 Å². The quantitative estimate of drug-likeness (QED) is 0.354. The summed E-state index contributed by atoms with van der Waals surface area (Å²) in [7, 11) is 0. The Morgan fingerprint density at radius 3 is 2.47 bits per heavy atom. The van der Waals surface area contributed by atoms with Gasteiger partial charge in [-0.2, -0.15) is 23.1 Å². The first-order valence-electron chi connectivity index (χ1n) is 9.08. The average molecular weight is 413 g/mol. The van der Waals surface area contributed by atoms with E-state index in [2.05, 4.69) is 30.6 Å². The molecule has 4 aromatic rings. The van der Waals surface area contributed by atoms with Crippen LogP contribution in [0.2, 0.25) is 0 Å². The second kappa shape index (κ2) is 7.90. The first-order valence-corrected chi connectivity index (χ1v) is 9.08. The summed E-state index contributed by atoms with van der Waals surface area (Å²) in [6, 6.07) is 12.5. The topological polar surface area (TPSA) is 105 Å². The molecule has 2 aromatic carbocycles. The van der Waals surface area contributed by atoms with Crippen molar-refractivity contribution in [1.82, 2.24) is 19.9 Å². The number of nitrogens with zero attached hydrogens (tertiary/aromatic N) is 3. The summed E-state index contributed by atoms with van der Waals surface area (Å²) in [5.41, 5.74) is 8.23. The number of H-pyrrole nitrogens is 1. The van der Waals surface area contributed by atoms with E-state index in [9.17, 15) is 13.2 Å². The van der Waals surface area contributed by atoms with Crippen molar-refractivity contribution in [2.75, 3.05) is 16.4 Å². The number of benzene rings is 2. The van der Waals surface area contributed by atoms with Crippen LogP contribution in [0.1, 0.15) is 16.7 Å². The highest BCUT2D eigenvalue weighted by Crippen LogP contribution is 2.29. The van der Waals surface area contributed by atoms with Gasteiger partial charge in [-0.25, -0.2) is 4.98 Å². The van der Waals surface area contributed by atoms with Gasteiger partial charge in [-0.1, -0.05) is 24.3 Å². The lowest BCUT2D eigenvalue weighted by Gasteiger charge is -2.11. The van der Waals surface area contributed by atoms with Gasteiger partial charge in [-0.3, -0.25) is 0 Å². The number of imidazole rings is 1. The number of aromatic nitrogens is 4. The molecule has 0 bridgehead atoms. The van der Waals surface area contributed by atoms with Crippen molar-refractivity contribution in [3.63, 3.8) is 0 Å². The van der Waals surface area contributed by atoms with Gasteiger partial charge in [0, 0.05) is 18.8 Å². The van der Waals surface area contributed by atoms with E-state index in [1.165, 1.54) is 12.4 Å². The number of nitrogens with two attached hydrogens (primary N) is 1. The van der Waals surface area contributed by atoms with Crippen LogP contribution in [0.5, 0.6) is 0 Å². The van der Waals surface area contributed by atoms with Gasteiger partial charge in [0.25, 0.3) is 0 Å². The first kappa shape index (κ1) is 19.5. The molecule has 5 N–H and O–H groups in total. The smallest absolute Gasteiger partial charge is 0.399 e. The Morgan fingerprint density at radius 2 is 1.70 bits per heavy atom. The molecule has 0 spiro atoms. The highest BCUT2D eigenvalue weighted by Gasteiger charge is 2.30. The molecule has 30 heavy (non-hydrogen) atoms. The fraction of sp³-hybridized carbons (Fsp3) is 0.150. The Balaban J connectivity index is 1.51. The summed E-state index contributed by atoms with van der Waals surface area (Å²) in [5, 5.41) is 6.19. The minimum atomic E-state index is -4.39. The summed E-state index contributed by atoms with van der Waals surface area (Å²) < 4.78 is 38.7. The zero-order valence-corrected chi connectivity index (χ0v) is 15.7. The van der Waals surface area contributed by atoms with Crippen molar-refractivity contribution in [1.29, 1.82) is 0 Å². The number of rotatable bonds is 6. The van der Waals surface area contributed by atoms with Gasteiger partial charge in [-0.15, -0.1) is 0 Å². The fourth-order valence-corrected chi connectivity index (χ4v) is 2.90. The van der Waals surface area contributed by atoms with Crippen LogP contribution in [0.15, 0.2) is 54.9 Å². The highest BCUT2D eigenvalue weighted by molar-refractivity contribution is 5.83. The van der Waals surface area contributed by atoms with Crippen molar-refractivity contribution >= 4 is 28.6 Å². The van der Waals surface area contributed by atoms with E-state index in [0.717, 1.165) is 17.7 Å². The molecular weight excluding hydrogens is 395 g/mol. The highest BCUT2D eigenvalue weighted by atomic mass is 19.4. The van der Waals surface area contributed by atoms with Crippen molar-refractivity contribution in [2.45, 2.75) is 19.3 Å². The number of fused-ring (bicyclic) bond motifs is 1. The molecule has 0 unspecified atom stereocenters. The standard InChI is InChI=1S/C20H18F3N7/c21-20(22,23)14-3-1-2-13(8-14)10-26-19-29-17(16-18(30-19)28-11-27-16)25-9-12-4-6-15(24)7-5-12/h1-8,11H,9-10,24H2,(H3,25,26,27,28,29,30). The van der Waals surface area contributed by atoms with Crippen LogP contribution in [-0.2, 0) is 19.3 Å². The van der Waals surface area contributed by atoms with Gasteiger partial charge >= 0.3 is 6.18 Å². The van der Waals surface area contributed by atoms with Crippen LogP contribution >= 0.6 is 0 Å². The van der Waals surface area contributed by atoms with Crippen LogP contribution in [0, 0.1) is 0 Å². The van der Waals surface area contributed by atoms with E-state index in [4.69, 9.17) is 5.73 Å². The van der Waals surface area contributed by atoms with Gasteiger partial charge in [-0.05, 0) is 35.4 Å². The molecule has 0 aliphatic rings. The van der Waals surface area contributed by atoms with Gasteiger partial charge in [0.15, 0.2) is 11.5 Å². The maximum atomic E-state index is 12.9. The molecule has 0 aliphatic heterocycles. The number of hydrogen-bond acceptors (Lipinski definition) is 6. The molecule has 0 saturated carbocycles. The largest absolute Gasteiger partial charge is 0.416 e. The van der Waals surface area contributed by atoms with Crippen LogP contribution in [0.4, 0.5) is 30.6 Å². The number of halogens is 3. The van der Waals surface area contributed by atoms with Crippen LogP contribution in [0.3, 0.4) is 0 Å². The van der Waals surface area contributed by atoms with E-state index >= 15 is 0 Å². The fourth-order valence-electron chi connectivity index (χ4n) is 2.90. The summed E-state index contributed by atoms with van der Waals surface area (Å²) in [6.45, 7) is 0.635. The van der Waals surface area contributed by atoms with Crippen LogP contribution < -0.4 is 16.4 Å². The molecule has 154 valence electrons. The predicted molar refractivity (Wildman–Crippen MR) is 109 cm³/mol. The number of hydrogen-bond donors (Lipinski definition) is 4. The average Bonchev–Trinajstić information content (AvgIpc) is 3.20. The molecular formula is C20H18F3N7. The zero-order chi connectivity index (χ0) is 21.1. The third-order valence-electron chi connectivity index (χ3n) is 4.43. The maximum absolute atomic E-state index is 12.9. The van der Waals surface area contributed by atoms with E-state index in [0.29, 0.717) is 34.8 Å². The summed E-state index contributed by atoms with van der Waals surface area (Å²) in [4.78, 5) is 15.9. The molecule has 0 amide bonds. The molecule has 0 radical (unpaired) electrons. The number of anilines is 3. The second-order valence-corrected chi connectivity index (χ2v) is 6.64. The van der Waals surface area contributed by atoms with E-state index in [1.807, 2.05) is 24.3 Å². The van der Waals surface area contributed by atoms with Crippen molar-refractivity contribution in [3.8, 4) is 0 Å². The van der Waals surface area contributed by atoms with E-state index in [-0.39, 0.29) is 12.5 Å². The lowest BCUT2D eigenvalue weighted by molar-refractivity contribution is -0.137. The summed E-state index contributed by atoms with van der Waals surface area (Å²) >= 11 is 0. The molecule has 0 saturated heterocycles. The number of alkyl halides is 3. The Morgan fingerprint density at radius 1 is 0.933 bits per heavy atom. The molecule has 0 atom stereocenters. The predicted octanol–water partition coefficient (Wildman–Crippen LogP) is 4.18. The molecule has 7 nitrogen and oxygen atoms in total. The van der Waals surface area contributed by atoms with E-state index < -0.39 is 11.7 Å². The second-order valence-electron chi connectivity index (χ2n) is 6.64. The third kappa shape index (κ3) is 4.43. The minimum Gasteiger partial charge on any atom is -0.399 e. The minimum absolute atomic E-state index is 0.136. The molecule has 10 heteroatoms. The Hall–Kier alpha value is -3.82. The molecule has 0 aliphatic carbocycles. The zero-order valence-electron chi connectivity index (χ0n) is 15.7. The van der Waals surface area contributed by atoms with Gasteiger partial charge in [0.1, 0.15) is 5.52 Å². The summed E-state index contributed by atoms with van der Waals surface area (Å²) in [6.07, 6.45) is -2.88. The van der Waals surface area contributed by atoms with Crippen molar-refractivity contribution in [2.24, 2.45) is 0 Å². The molecule has 2 aromatic heterocycles. The Kier molecular flexibility index (Phi) is 5.13. The monoisotopic (exact) mass is 413 g/mol. The normalized spacial score (nSPS) is 11.6. The number of nitrogen functional groups attached to an aromatic ring is 1. The summed E-state index contributed by atoms with van der Waals surface area (Å²) in [5.74, 6) is 0.785. The Labute approximate surface area is 169 Å². The van der Waals surface area contributed by atoms with Crippen molar-refractivity contribution < 1.29 is 13.2 Å². The lowest BCUT2D eigenvalue weighted by atomic mass is 10.1. The SMILES string of the molecule is Nc1ccc(CNc2nc(NCc3cccc(C(F)(F)F)c3)nc3nc[nH]c23)cc1. The van der Waals surface area contributed by atoms with Crippen molar-refractivity contribution in [3.05, 3.63) is 71.5 Å². The number of nitrogens with one attached hydrogen (secondary N) is 3. The first-order chi connectivity index (χ1) is 14.4. The third-order valence-corrected chi connectivity index (χ3v) is 4.43. The van der Waals surface area contributed by atoms with Gasteiger partial charge in [0.2, 0.25) is 5.95 Å². The van der Waals surface area contributed by atoms with Crippen LogP contribution in [-0.4, -0.2) is 19.9 Å². The Bertz CT molecular complexity index is 1150. The maximum Gasteiger partial charge on any atom is 0.416 e. The molecule has 2 heterocycles. The molecule has 0 fully saturated rings.